The number of amides is 1. The molecule has 0 spiro atoms. The predicted molar refractivity (Wildman–Crippen MR) is 70.7 cm³/mol. The van der Waals surface area contributed by atoms with Crippen LogP contribution in [-0.2, 0) is 0 Å². The molecule has 0 aliphatic heterocycles. The molecule has 0 fully saturated rings. The van der Waals surface area contributed by atoms with Crippen molar-refractivity contribution >= 4 is 11.6 Å². The molecule has 0 radical (unpaired) electrons. The number of carbonyl (C=O) groups excluding carboxylic acids is 1. The van der Waals surface area contributed by atoms with E-state index in [2.05, 4.69) is 15.5 Å². The highest BCUT2D eigenvalue weighted by Crippen LogP contribution is 2.30. The molecular weight excluding hydrogens is 246 g/mol. The summed E-state index contributed by atoms with van der Waals surface area (Å²) in [5, 5.41) is 19.4. The maximum absolute atomic E-state index is 12.1. The molecule has 1 aromatic carbocycles. The highest BCUT2D eigenvalue weighted by Gasteiger charge is 2.17. The number of carbonyl (C=O) groups is 1. The minimum atomic E-state index is -0.413. The lowest BCUT2D eigenvalue weighted by Crippen LogP contribution is -2.13. The molecule has 1 aromatic heterocycles. The predicted octanol–water partition coefficient (Wildman–Crippen LogP) is 1.99. The summed E-state index contributed by atoms with van der Waals surface area (Å²) in [5.41, 5.74) is 2.22. The Bertz CT molecular complexity index is 600. The fourth-order valence-corrected chi connectivity index (χ4v) is 1.79. The molecule has 3 N–H and O–H groups in total. The molecule has 19 heavy (non-hydrogen) atoms. The van der Waals surface area contributed by atoms with Crippen molar-refractivity contribution in [2.45, 2.75) is 13.8 Å². The van der Waals surface area contributed by atoms with Gasteiger partial charge in [0.15, 0.2) is 11.5 Å². The monoisotopic (exact) mass is 261 g/mol. The topological polar surface area (TPSA) is 87.2 Å². The number of hydrogen-bond donors (Lipinski definition) is 3. The van der Waals surface area contributed by atoms with Gasteiger partial charge < -0.3 is 15.2 Å². The molecule has 0 unspecified atom stereocenters. The van der Waals surface area contributed by atoms with Gasteiger partial charge in [0.25, 0.3) is 5.91 Å². The van der Waals surface area contributed by atoms with Crippen LogP contribution in [0.15, 0.2) is 18.2 Å². The lowest BCUT2D eigenvalue weighted by atomic mass is 10.1. The quantitative estimate of drug-likeness (QED) is 0.788. The summed E-state index contributed by atoms with van der Waals surface area (Å²) in [6.45, 7) is 3.59. The minimum absolute atomic E-state index is 0.152. The summed E-state index contributed by atoms with van der Waals surface area (Å²) in [7, 11) is 1.43. The first kappa shape index (κ1) is 12.9. The number of phenolic OH excluding ortho intramolecular Hbond substituents is 1. The summed E-state index contributed by atoms with van der Waals surface area (Å²) >= 11 is 0. The summed E-state index contributed by atoms with van der Waals surface area (Å²) in [4.78, 5) is 12.1. The van der Waals surface area contributed by atoms with Crippen molar-refractivity contribution < 1.29 is 14.6 Å². The summed E-state index contributed by atoms with van der Waals surface area (Å²) in [5.74, 6) is -0.335. The average molecular weight is 261 g/mol. The first-order valence-electron chi connectivity index (χ1n) is 5.73. The number of H-pyrrole nitrogens is 1. The molecule has 0 atom stereocenters. The lowest BCUT2D eigenvalue weighted by molar-refractivity contribution is 0.102. The zero-order valence-corrected chi connectivity index (χ0v) is 10.9. The van der Waals surface area contributed by atoms with Crippen LogP contribution in [0, 0.1) is 13.8 Å². The van der Waals surface area contributed by atoms with Gasteiger partial charge in [-0.2, -0.15) is 5.10 Å². The third-order valence-corrected chi connectivity index (χ3v) is 2.83. The highest BCUT2D eigenvalue weighted by molar-refractivity contribution is 6.07. The normalized spacial score (nSPS) is 10.3. The van der Waals surface area contributed by atoms with Crippen molar-refractivity contribution in [3.63, 3.8) is 0 Å². The molecule has 2 aromatic rings. The van der Waals surface area contributed by atoms with E-state index < -0.39 is 5.91 Å². The van der Waals surface area contributed by atoms with Gasteiger partial charge >= 0.3 is 0 Å². The number of aromatic nitrogens is 2. The van der Waals surface area contributed by atoms with E-state index in [1.54, 1.807) is 26.0 Å². The van der Waals surface area contributed by atoms with Crippen molar-refractivity contribution in [1.29, 1.82) is 0 Å². The average Bonchev–Trinajstić information content (AvgIpc) is 2.70. The maximum atomic E-state index is 12.1. The minimum Gasteiger partial charge on any atom is -0.504 e. The highest BCUT2D eigenvalue weighted by atomic mass is 16.5. The van der Waals surface area contributed by atoms with Crippen LogP contribution in [0.4, 0.5) is 5.69 Å². The Balaban J connectivity index is 2.31. The third kappa shape index (κ3) is 2.37. The second-order valence-electron chi connectivity index (χ2n) is 4.12. The van der Waals surface area contributed by atoms with E-state index in [0.29, 0.717) is 11.4 Å². The van der Waals surface area contributed by atoms with Crippen molar-refractivity contribution in [2.75, 3.05) is 12.4 Å². The van der Waals surface area contributed by atoms with Gasteiger partial charge in [-0.1, -0.05) is 6.07 Å². The van der Waals surface area contributed by atoms with Gasteiger partial charge in [-0.3, -0.25) is 9.89 Å². The van der Waals surface area contributed by atoms with Gasteiger partial charge in [0.05, 0.1) is 29.7 Å². The number of methoxy groups -OCH3 is 1. The Hall–Kier alpha value is -2.50. The second kappa shape index (κ2) is 5.01. The summed E-state index contributed by atoms with van der Waals surface area (Å²) in [6.07, 6.45) is 0. The molecule has 1 amide bonds. The molecule has 0 aliphatic carbocycles. The van der Waals surface area contributed by atoms with E-state index in [9.17, 15) is 9.90 Å². The SMILES string of the molecule is COc1cccc(C(=O)Nc2c(C)n[nH]c2C)c1O. The number of aromatic amines is 1. The van der Waals surface area contributed by atoms with Gasteiger partial charge in [-0.25, -0.2) is 0 Å². The molecule has 0 aliphatic rings. The number of hydrogen-bond acceptors (Lipinski definition) is 4. The van der Waals surface area contributed by atoms with Crippen LogP contribution in [0.5, 0.6) is 11.5 Å². The van der Waals surface area contributed by atoms with Crippen molar-refractivity contribution in [2.24, 2.45) is 0 Å². The lowest BCUT2D eigenvalue weighted by Gasteiger charge is -2.09. The van der Waals surface area contributed by atoms with Crippen LogP contribution in [0.3, 0.4) is 0 Å². The molecule has 6 heteroatoms. The molecule has 0 saturated heterocycles. The Morgan fingerprint density at radius 1 is 1.42 bits per heavy atom. The molecule has 1 heterocycles. The number of ether oxygens (including phenoxy) is 1. The number of benzene rings is 1. The third-order valence-electron chi connectivity index (χ3n) is 2.83. The number of aryl methyl sites for hydroxylation is 2. The Morgan fingerprint density at radius 3 is 2.74 bits per heavy atom. The molecule has 100 valence electrons. The van der Waals surface area contributed by atoms with Crippen LogP contribution in [0.1, 0.15) is 21.7 Å². The van der Waals surface area contributed by atoms with E-state index in [-0.39, 0.29) is 17.1 Å². The second-order valence-corrected chi connectivity index (χ2v) is 4.12. The molecule has 0 bridgehead atoms. The van der Waals surface area contributed by atoms with Crippen LogP contribution >= 0.6 is 0 Å². The van der Waals surface area contributed by atoms with Gasteiger partial charge in [0.1, 0.15) is 0 Å². The van der Waals surface area contributed by atoms with E-state index in [0.717, 1.165) is 5.69 Å². The van der Waals surface area contributed by atoms with Crippen LogP contribution in [-0.4, -0.2) is 28.3 Å². The van der Waals surface area contributed by atoms with E-state index in [1.807, 2.05) is 0 Å². The molecule has 6 nitrogen and oxygen atoms in total. The zero-order valence-electron chi connectivity index (χ0n) is 10.9. The first-order chi connectivity index (χ1) is 9.04. The molecule has 2 rings (SSSR count). The Labute approximate surface area is 110 Å². The molecular formula is C13H15N3O3. The van der Waals surface area contributed by atoms with Gasteiger partial charge in [-0.15, -0.1) is 0 Å². The fourth-order valence-electron chi connectivity index (χ4n) is 1.79. The van der Waals surface area contributed by atoms with E-state index >= 15 is 0 Å². The van der Waals surface area contributed by atoms with Crippen molar-refractivity contribution in [1.82, 2.24) is 10.2 Å². The number of para-hydroxylation sites is 1. The van der Waals surface area contributed by atoms with Gasteiger partial charge in [0.2, 0.25) is 0 Å². The van der Waals surface area contributed by atoms with Crippen LogP contribution in [0.2, 0.25) is 0 Å². The number of phenols is 1. The van der Waals surface area contributed by atoms with E-state index in [4.69, 9.17) is 4.74 Å². The number of nitrogens with zero attached hydrogens (tertiary/aromatic N) is 1. The van der Waals surface area contributed by atoms with Crippen molar-refractivity contribution in [3.05, 3.63) is 35.2 Å². The van der Waals surface area contributed by atoms with Gasteiger partial charge in [0, 0.05) is 0 Å². The Morgan fingerprint density at radius 2 is 2.16 bits per heavy atom. The number of nitrogens with one attached hydrogen (secondary N) is 2. The maximum Gasteiger partial charge on any atom is 0.259 e. The largest absolute Gasteiger partial charge is 0.504 e. The van der Waals surface area contributed by atoms with Crippen molar-refractivity contribution in [3.8, 4) is 11.5 Å². The number of anilines is 1. The Kier molecular flexibility index (Phi) is 3.41. The first-order valence-corrected chi connectivity index (χ1v) is 5.73. The standard InChI is InChI=1S/C13H15N3O3/c1-7-11(8(2)16-15-7)14-13(18)9-5-4-6-10(19-3)12(9)17/h4-6,17H,1-3H3,(H,14,18)(H,15,16). The van der Waals surface area contributed by atoms with E-state index in [1.165, 1.54) is 13.2 Å². The van der Waals surface area contributed by atoms with Crippen LogP contribution in [0.25, 0.3) is 0 Å². The summed E-state index contributed by atoms with van der Waals surface area (Å²) < 4.78 is 4.97. The zero-order chi connectivity index (χ0) is 14.0. The summed E-state index contributed by atoms with van der Waals surface area (Å²) in [6, 6.07) is 4.75. The fraction of sp³-hybridized carbons (Fsp3) is 0.231. The number of rotatable bonds is 3. The smallest absolute Gasteiger partial charge is 0.259 e. The number of aromatic hydroxyl groups is 1. The van der Waals surface area contributed by atoms with Gasteiger partial charge in [-0.05, 0) is 26.0 Å². The molecule has 0 saturated carbocycles. The van der Waals surface area contributed by atoms with Crippen LogP contribution < -0.4 is 10.1 Å².